The second-order valence-electron chi connectivity index (χ2n) is 4.69. The molecule has 1 heterocycles. The van der Waals surface area contributed by atoms with Crippen LogP contribution in [0, 0.1) is 10.1 Å². The first-order valence-corrected chi connectivity index (χ1v) is 7.64. The Morgan fingerprint density at radius 2 is 2.08 bits per heavy atom. The average molecular weight is 399 g/mol. The SMILES string of the molecule is COc1ccc(CCNC(=O)c2n[nH]c([N+](=O)[O-])c2Br)cc1OC. The Hall–Kier alpha value is -2.62. The molecular weight excluding hydrogens is 384 g/mol. The summed E-state index contributed by atoms with van der Waals surface area (Å²) in [4.78, 5) is 22.1. The van der Waals surface area contributed by atoms with E-state index in [-0.39, 0.29) is 16.0 Å². The molecule has 0 aliphatic rings. The second kappa shape index (κ2) is 7.77. The third kappa shape index (κ3) is 3.82. The Bertz CT molecular complexity index is 762. The van der Waals surface area contributed by atoms with Gasteiger partial charge < -0.3 is 24.9 Å². The van der Waals surface area contributed by atoms with Gasteiger partial charge in [-0.25, -0.2) is 0 Å². The van der Waals surface area contributed by atoms with Crippen molar-refractivity contribution in [2.75, 3.05) is 20.8 Å². The molecule has 0 spiro atoms. The monoisotopic (exact) mass is 398 g/mol. The number of amides is 1. The molecule has 0 aliphatic carbocycles. The Balaban J connectivity index is 1.97. The number of aromatic amines is 1. The van der Waals surface area contributed by atoms with E-state index in [0.717, 1.165) is 5.56 Å². The summed E-state index contributed by atoms with van der Waals surface area (Å²) in [5.41, 5.74) is 0.883. The van der Waals surface area contributed by atoms with Gasteiger partial charge in [-0.05, 0) is 45.0 Å². The number of nitrogens with one attached hydrogen (secondary N) is 2. The lowest BCUT2D eigenvalue weighted by Gasteiger charge is -2.09. The fourth-order valence-electron chi connectivity index (χ4n) is 2.03. The number of hydrogen-bond acceptors (Lipinski definition) is 6. The first-order chi connectivity index (χ1) is 11.5. The van der Waals surface area contributed by atoms with E-state index < -0.39 is 10.8 Å². The molecule has 2 rings (SSSR count). The molecule has 0 unspecified atom stereocenters. The zero-order valence-corrected chi connectivity index (χ0v) is 14.5. The fourth-order valence-corrected chi connectivity index (χ4v) is 2.53. The summed E-state index contributed by atoms with van der Waals surface area (Å²) in [6.07, 6.45) is 0.552. The Morgan fingerprint density at radius 1 is 1.38 bits per heavy atom. The van der Waals surface area contributed by atoms with Crippen LogP contribution >= 0.6 is 15.9 Å². The Labute approximate surface area is 145 Å². The number of nitro groups is 1. The van der Waals surface area contributed by atoms with E-state index in [1.807, 2.05) is 12.1 Å². The van der Waals surface area contributed by atoms with Crippen molar-refractivity contribution < 1.29 is 19.2 Å². The van der Waals surface area contributed by atoms with Gasteiger partial charge in [0.1, 0.15) is 4.47 Å². The number of rotatable bonds is 7. The van der Waals surface area contributed by atoms with Crippen LogP contribution < -0.4 is 14.8 Å². The molecule has 9 nitrogen and oxygen atoms in total. The van der Waals surface area contributed by atoms with Gasteiger partial charge in [0, 0.05) is 6.54 Å². The third-order valence-electron chi connectivity index (χ3n) is 3.23. The largest absolute Gasteiger partial charge is 0.493 e. The van der Waals surface area contributed by atoms with Crippen molar-refractivity contribution in [1.29, 1.82) is 0 Å². The molecule has 24 heavy (non-hydrogen) atoms. The Morgan fingerprint density at radius 3 is 2.67 bits per heavy atom. The zero-order valence-electron chi connectivity index (χ0n) is 13.0. The van der Waals surface area contributed by atoms with Gasteiger partial charge in [0.05, 0.1) is 14.2 Å². The van der Waals surface area contributed by atoms with Gasteiger partial charge in [0.2, 0.25) is 0 Å². The number of nitrogens with zero attached hydrogens (tertiary/aromatic N) is 2. The van der Waals surface area contributed by atoms with Crippen LogP contribution in [0.4, 0.5) is 5.82 Å². The lowest BCUT2D eigenvalue weighted by molar-refractivity contribution is -0.390. The van der Waals surface area contributed by atoms with E-state index in [2.05, 4.69) is 31.4 Å². The van der Waals surface area contributed by atoms with Crippen molar-refractivity contribution in [3.8, 4) is 11.5 Å². The van der Waals surface area contributed by atoms with E-state index in [0.29, 0.717) is 24.5 Å². The molecule has 1 amide bonds. The summed E-state index contributed by atoms with van der Waals surface area (Å²) in [5.74, 6) is 0.358. The van der Waals surface area contributed by atoms with Crippen LogP contribution in [-0.4, -0.2) is 41.8 Å². The van der Waals surface area contributed by atoms with E-state index in [4.69, 9.17) is 9.47 Å². The molecule has 0 aliphatic heterocycles. The molecule has 0 atom stereocenters. The van der Waals surface area contributed by atoms with Gasteiger partial charge >= 0.3 is 5.82 Å². The topological polar surface area (TPSA) is 119 Å². The summed E-state index contributed by atoms with van der Waals surface area (Å²) >= 11 is 3.00. The quantitative estimate of drug-likeness (QED) is 0.544. The van der Waals surface area contributed by atoms with Gasteiger partial charge in [-0.15, -0.1) is 5.10 Å². The minimum atomic E-state index is -0.655. The zero-order chi connectivity index (χ0) is 17.7. The van der Waals surface area contributed by atoms with Crippen molar-refractivity contribution in [3.63, 3.8) is 0 Å². The molecule has 1 aromatic carbocycles. The van der Waals surface area contributed by atoms with Crippen LogP contribution in [0.1, 0.15) is 16.1 Å². The molecule has 2 aromatic rings. The average Bonchev–Trinajstić information content (AvgIpc) is 2.96. The van der Waals surface area contributed by atoms with E-state index in [9.17, 15) is 14.9 Å². The highest BCUT2D eigenvalue weighted by Gasteiger charge is 2.24. The van der Waals surface area contributed by atoms with Crippen LogP contribution in [0.3, 0.4) is 0 Å². The second-order valence-corrected chi connectivity index (χ2v) is 5.48. The molecule has 128 valence electrons. The van der Waals surface area contributed by atoms with Crippen molar-refractivity contribution in [2.24, 2.45) is 0 Å². The predicted molar refractivity (Wildman–Crippen MR) is 88.5 cm³/mol. The highest BCUT2D eigenvalue weighted by atomic mass is 79.9. The molecule has 0 saturated heterocycles. The molecule has 0 saturated carbocycles. The van der Waals surface area contributed by atoms with Crippen LogP contribution in [0.15, 0.2) is 22.7 Å². The van der Waals surface area contributed by atoms with Crippen LogP contribution in [0.2, 0.25) is 0 Å². The number of aromatic nitrogens is 2. The predicted octanol–water partition coefficient (Wildman–Crippen LogP) is 2.07. The fraction of sp³-hybridized carbons (Fsp3) is 0.286. The highest BCUT2D eigenvalue weighted by Crippen LogP contribution is 2.28. The van der Waals surface area contributed by atoms with Crippen LogP contribution in [0.5, 0.6) is 11.5 Å². The van der Waals surface area contributed by atoms with Crippen LogP contribution in [-0.2, 0) is 6.42 Å². The summed E-state index contributed by atoms with van der Waals surface area (Å²) in [6, 6.07) is 5.47. The van der Waals surface area contributed by atoms with Crippen molar-refractivity contribution >= 4 is 27.7 Å². The van der Waals surface area contributed by atoms with Gasteiger partial charge in [-0.1, -0.05) is 11.2 Å². The first-order valence-electron chi connectivity index (χ1n) is 6.85. The molecule has 0 radical (unpaired) electrons. The summed E-state index contributed by atoms with van der Waals surface area (Å²) in [7, 11) is 3.10. The summed E-state index contributed by atoms with van der Waals surface area (Å²) in [5, 5.41) is 19.2. The number of halogens is 1. The van der Waals surface area contributed by atoms with Gasteiger partial charge in [-0.2, -0.15) is 0 Å². The molecule has 0 bridgehead atoms. The molecular formula is C14H15BrN4O5. The minimum Gasteiger partial charge on any atom is -0.493 e. The maximum atomic E-state index is 12.0. The first kappa shape index (κ1) is 17.7. The molecule has 10 heteroatoms. The van der Waals surface area contributed by atoms with E-state index >= 15 is 0 Å². The molecule has 1 aromatic heterocycles. The summed E-state index contributed by atoms with van der Waals surface area (Å²) in [6.45, 7) is 0.335. The van der Waals surface area contributed by atoms with Gasteiger partial charge in [0.25, 0.3) is 5.91 Å². The van der Waals surface area contributed by atoms with Crippen molar-refractivity contribution in [3.05, 3.63) is 44.0 Å². The lowest BCUT2D eigenvalue weighted by atomic mass is 10.1. The molecule has 0 fully saturated rings. The lowest BCUT2D eigenvalue weighted by Crippen LogP contribution is -2.26. The van der Waals surface area contributed by atoms with Crippen molar-refractivity contribution in [1.82, 2.24) is 15.5 Å². The van der Waals surface area contributed by atoms with Gasteiger partial charge in [-0.3, -0.25) is 4.79 Å². The third-order valence-corrected chi connectivity index (χ3v) is 3.99. The van der Waals surface area contributed by atoms with E-state index in [1.54, 1.807) is 20.3 Å². The minimum absolute atomic E-state index is 0.0242. The number of H-pyrrole nitrogens is 1. The number of carbonyl (C=O) groups excluding carboxylic acids is 1. The van der Waals surface area contributed by atoms with E-state index in [1.165, 1.54) is 0 Å². The number of benzene rings is 1. The normalized spacial score (nSPS) is 10.3. The molecule has 2 N–H and O–H groups in total. The number of hydrogen-bond donors (Lipinski definition) is 2. The van der Waals surface area contributed by atoms with Gasteiger partial charge in [0.15, 0.2) is 17.2 Å². The maximum Gasteiger partial charge on any atom is 0.357 e. The standard InChI is InChI=1S/C14H15BrN4O5/c1-23-9-4-3-8(7-10(9)24-2)5-6-16-14(20)12-11(15)13(18-17-12)19(21)22/h3-4,7H,5-6H2,1-2H3,(H,16,20)(H,17,18). The highest BCUT2D eigenvalue weighted by molar-refractivity contribution is 9.10. The maximum absolute atomic E-state index is 12.0. The number of carbonyl (C=O) groups is 1. The number of methoxy groups -OCH3 is 2. The Kier molecular flexibility index (Phi) is 5.74. The van der Waals surface area contributed by atoms with Crippen LogP contribution in [0.25, 0.3) is 0 Å². The summed E-state index contributed by atoms with van der Waals surface area (Å²) < 4.78 is 10.4. The number of ether oxygens (including phenoxy) is 2. The van der Waals surface area contributed by atoms with Crippen molar-refractivity contribution in [2.45, 2.75) is 6.42 Å². The smallest absolute Gasteiger partial charge is 0.357 e.